The first-order valence-corrected chi connectivity index (χ1v) is 2.66. The van der Waals surface area contributed by atoms with E-state index in [1.807, 2.05) is 0 Å². The third kappa shape index (κ3) is 5.27. The fourth-order valence-corrected chi connectivity index (χ4v) is 0.342. The van der Waals surface area contributed by atoms with Crippen LogP contribution in [0.1, 0.15) is 0 Å². The van der Waals surface area contributed by atoms with E-state index in [1.165, 1.54) is 0 Å². The number of hydrogen-bond donors (Lipinski definition) is 2. The van der Waals surface area contributed by atoms with Gasteiger partial charge in [0.15, 0.2) is 0 Å². The molecular formula is C4H12N4O2+2. The molecule has 0 aliphatic heterocycles. The highest BCUT2D eigenvalue weighted by Gasteiger charge is 2.14. The lowest BCUT2D eigenvalue weighted by molar-refractivity contribution is -1.21. The van der Waals surface area contributed by atoms with E-state index in [4.69, 9.17) is 0 Å². The Bertz CT molecular complexity index is 135. The second-order valence-electron chi connectivity index (χ2n) is 2.61. The Balaban J connectivity index is 3.60. The van der Waals surface area contributed by atoms with Gasteiger partial charge in [-0.2, -0.15) is 0 Å². The van der Waals surface area contributed by atoms with Crippen molar-refractivity contribution in [2.75, 3.05) is 21.1 Å². The van der Waals surface area contributed by atoms with Crippen molar-refractivity contribution in [3.63, 3.8) is 0 Å². The molecule has 6 nitrogen and oxygen atoms in total. The van der Waals surface area contributed by atoms with Crippen LogP contribution >= 0.6 is 0 Å². The fourth-order valence-electron chi connectivity index (χ4n) is 0.342. The summed E-state index contributed by atoms with van der Waals surface area (Å²) in [6, 6.07) is 0. The van der Waals surface area contributed by atoms with Crippen LogP contribution in [0, 0.1) is 11.8 Å². The smallest absolute Gasteiger partial charge is 0.341 e. The maximum absolute atomic E-state index is 10.5. The average molecular weight is 148 g/mol. The molecule has 0 amide bonds. The van der Waals surface area contributed by atoms with Gasteiger partial charge in [-0.1, -0.05) is 0 Å². The van der Waals surface area contributed by atoms with Crippen molar-refractivity contribution in [2.24, 2.45) is 0 Å². The van der Waals surface area contributed by atoms with Crippen LogP contribution in [0.15, 0.2) is 0 Å². The zero-order valence-corrected chi connectivity index (χ0v) is 6.29. The predicted octanol–water partition coefficient (Wildman–Crippen LogP) is -1.70. The molecule has 6 heteroatoms. The molecule has 0 spiro atoms. The van der Waals surface area contributed by atoms with Gasteiger partial charge in [0.1, 0.15) is 0 Å². The molecule has 0 saturated carbocycles. The first-order valence-electron chi connectivity index (χ1n) is 2.66. The first kappa shape index (κ1) is 9.13. The summed E-state index contributed by atoms with van der Waals surface area (Å²) >= 11 is 0. The van der Waals surface area contributed by atoms with Gasteiger partial charge in [0, 0.05) is 10.9 Å². The third-order valence-corrected chi connectivity index (χ3v) is 0.562. The molecule has 0 aromatic rings. The summed E-state index contributed by atoms with van der Waals surface area (Å²) in [7, 11) is 5.29. The lowest BCUT2D eigenvalue weighted by Crippen LogP contribution is -3.15. The van der Waals surface area contributed by atoms with Gasteiger partial charge in [0.05, 0.1) is 26.1 Å². The van der Waals surface area contributed by atoms with E-state index in [-0.39, 0.29) is 4.59 Å². The first-order chi connectivity index (χ1) is 4.45. The predicted molar refractivity (Wildman–Crippen MR) is 34.9 cm³/mol. The van der Waals surface area contributed by atoms with Crippen LogP contribution in [-0.2, 0) is 4.94 Å². The lowest BCUT2D eigenvalue weighted by Gasteiger charge is -2.23. The molecule has 2 N–H and O–H groups in total. The Morgan fingerprint density at radius 3 is 2.40 bits per heavy atom. The summed E-state index contributed by atoms with van der Waals surface area (Å²) in [6.45, 7) is 4.58. The minimum atomic E-state index is -0.671. The molecular weight excluding hydrogens is 136 g/mol. The Labute approximate surface area is 59.4 Å². The van der Waals surface area contributed by atoms with Gasteiger partial charge in [-0.15, -0.1) is 0 Å². The SMILES string of the molecule is C#[N+]O[NH+]([O-])N[N+](C)(C)C. The van der Waals surface area contributed by atoms with Gasteiger partial charge >= 0.3 is 6.57 Å². The zero-order valence-electron chi connectivity index (χ0n) is 6.29. The molecule has 1 unspecified atom stereocenters. The van der Waals surface area contributed by atoms with Crippen molar-refractivity contribution in [2.45, 2.75) is 0 Å². The topological polar surface area (TPSA) is 53.1 Å². The summed E-state index contributed by atoms with van der Waals surface area (Å²) in [5.41, 5.74) is 2.42. The van der Waals surface area contributed by atoms with E-state index >= 15 is 0 Å². The molecule has 0 radical (unpaired) electrons. The molecule has 1 atom stereocenters. The second-order valence-corrected chi connectivity index (χ2v) is 2.61. The fraction of sp³-hybridized carbons (Fsp3) is 0.750. The molecule has 0 bridgehead atoms. The largest absolute Gasteiger partial charge is 0.560 e. The van der Waals surface area contributed by atoms with Gasteiger partial charge in [0.2, 0.25) is 0 Å². The van der Waals surface area contributed by atoms with Crippen molar-refractivity contribution in [3.8, 4) is 6.57 Å². The summed E-state index contributed by atoms with van der Waals surface area (Å²) in [6.07, 6.45) is 0. The van der Waals surface area contributed by atoms with Crippen molar-refractivity contribution in [1.29, 1.82) is 0 Å². The van der Waals surface area contributed by atoms with E-state index in [0.717, 1.165) is 0 Å². The molecule has 0 saturated heterocycles. The Hall–Kier alpha value is -0.870. The van der Waals surface area contributed by atoms with Crippen molar-refractivity contribution in [1.82, 2.24) is 5.53 Å². The van der Waals surface area contributed by atoms with E-state index in [9.17, 15) is 5.21 Å². The quantitative estimate of drug-likeness (QED) is 0.370. The zero-order chi connectivity index (χ0) is 8.20. The monoisotopic (exact) mass is 148 g/mol. The molecule has 0 aromatic heterocycles. The highest BCUT2D eigenvalue weighted by atomic mass is 17.0. The number of nitrogens with one attached hydrogen (secondary N) is 2. The highest BCUT2D eigenvalue weighted by Crippen LogP contribution is 1.73. The van der Waals surface area contributed by atoms with Crippen LogP contribution in [-0.4, -0.2) is 25.7 Å². The second kappa shape index (κ2) is 3.34. The van der Waals surface area contributed by atoms with Gasteiger partial charge in [-0.05, 0) is 0 Å². The summed E-state index contributed by atoms with van der Waals surface area (Å²) in [4.78, 5) is 4.06. The number of quaternary nitrogens is 2. The van der Waals surface area contributed by atoms with Crippen LogP contribution in [0.3, 0.4) is 0 Å². The lowest BCUT2D eigenvalue weighted by atomic mass is 10.9. The Morgan fingerprint density at radius 2 is 2.10 bits per heavy atom. The van der Waals surface area contributed by atoms with Gasteiger partial charge in [0.25, 0.3) is 5.01 Å². The van der Waals surface area contributed by atoms with Crippen molar-refractivity contribution in [3.05, 3.63) is 10.2 Å². The summed E-state index contributed by atoms with van der Waals surface area (Å²) in [5, 5.41) is 12.6. The minimum absolute atomic E-state index is 0.258. The van der Waals surface area contributed by atoms with Crippen molar-refractivity contribution < 1.29 is 14.9 Å². The maximum atomic E-state index is 10.5. The maximum Gasteiger partial charge on any atom is 0.341 e. The summed E-state index contributed by atoms with van der Waals surface area (Å²) < 4.78 is 0.258. The normalized spacial score (nSPS) is 13.9. The van der Waals surface area contributed by atoms with E-state index in [1.54, 1.807) is 21.1 Å². The average Bonchev–Trinajstić information content (AvgIpc) is 1.59. The molecule has 0 rings (SSSR count). The van der Waals surface area contributed by atoms with Crippen molar-refractivity contribution >= 4 is 0 Å². The number of rotatable bonds is 3. The van der Waals surface area contributed by atoms with Crippen LogP contribution in [0.5, 0.6) is 0 Å². The molecule has 0 heterocycles. The van der Waals surface area contributed by atoms with Crippen LogP contribution in [0.2, 0.25) is 0 Å². The molecule has 0 fully saturated rings. The van der Waals surface area contributed by atoms with Gasteiger partial charge in [-0.3, -0.25) is 0 Å². The standard InChI is InChI=1S/C4H12N4O2/c1-5-10-7(9)6-8(2,3)4/h1,6-7H,2-4H3/q+2. The number of nitrogens with zero attached hydrogens (tertiary/aromatic N) is 2. The molecule has 0 aliphatic rings. The Kier molecular flexibility index (Phi) is 3.05. The van der Waals surface area contributed by atoms with E-state index < -0.39 is 5.34 Å². The van der Waals surface area contributed by atoms with Gasteiger partial charge < -0.3 is 5.21 Å². The minimum Gasteiger partial charge on any atom is -0.560 e. The number of hydrogen-bond acceptors (Lipinski definition) is 3. The third-order valence-electron chi connectivity index (χ3n) is 0.562. The molecule has 10 heavy (non-hydrogen) atoms. The van der Waals surface area contributed by atoms with Gasteiger partial charge in [-0.25, -0.2) is 4.59 Å². The van der Waals surface area contributed by atoms with Crippen LogP contribution in [0.25, 0.3) is 5.01 Å². The highest BCUT2D eigenvalue weighted by molar-refractivity contribution is 4.38. The molecule has 0 aliphatic carbocycles. The summed E-state index contributed by atoms with van der Waals surface area (Å²) in [5.74, 6) is 0. The Morgan fingerprint density at radius 1 is 1.60 bits per heavy atom. The molecule has 0 aromatic carbocycles. The van der Waals surface area contributed by atoms with Crippen LogP contribution < -0.4 is 10.9 Å². The van der Waals surface area contributed by atoms with E-state index in [2.05, 4.69) is 22.1 Å². The van der Waals surface area contributed by atoms with Crippen LogP contribution in [0.4, 0.5) is 0 Å². The van der Waals surface area contributed by atoms with E-state index in [0.29, 0.717) is 0 Å². The molecule has 58 valence electrons.